The van der Waals surface area contributed by atoms with Gasteiger partial charge in [-0.15, -0.1) is 22.7 Å². The maximum absolute atomic E-state index is 2.33. The molecule has 2 aromatic heterocycles. The van der Waals surface area contributed by atoms with E-state index in [1.165, 1.54) is 53.2 Å². The van der Waals surface area contributed by atoms with Gasteiger partial charge in [-0.05, 0) is 90.6 Å². The molecule has 6 rings (SSSR count). The van der Waals surface area contributed by atoms with Crippen LogP contribution < -0.4 is 0 Å². The summed E-state index contributed by atoms with van der Waals surface area (Å²) in [5.41, 5.74) is 2.62. The van der Waals surface area contributed by atoms with Crippen LogP contribution in [0.3, 0.4) is 0 Å². The summed E-state index contributed by atoms with van der Waals surface area (Å²) in [6, 6.07) is 27.1. The SMILES string of the molecule is c1csc(-c2cc3ccc4cc(-c5cccs5)cc5ccc(c2)c3c45)c1. The van der Waals surface area contributed by atoms with Gasteiger partial charge in [0.15, 0.2) is 0 Å². The highest BCUT2D eigenvalue weighted by Gasteiger charge is 2.12. The van der Waals surface area contributed by atoms with E-state index >= 15 is 0 Å². The quantitative estimate of drug-likeness (QED) is 0.272. The zero-order valence-electron chi connectivity index (χ0n) is 13.9. The molecule has 122 valence electrons. The van der Waals surface area contributed by atoms with E-state index in [-0.39, 0.29) is 0 Å². The maximum atomic E-state index is 2.33. The molecule has 0 aliphatic carbocycles. The van der Waals surface area contributed by atoms with Crippen molar-refractivity contribution < 1.29 is 0 Å². The second kappa shape index (κ2) is 5.41. The summed E-state index contributed by atoms with van der Waals surface area (Å²) in [5, 5.41) is 12.4. The summed E-state index contributed by atoms with van der Waals surface area (Å²) in [5.74, 6) is 0. The van der Waals surface area contributed by atoms with Gasteiger partial charge in [-0.1, -0.05) is 36.4 Å². The molecule has 0 spiro atoms. The number of hydrogen-bond acceptors (Lipinski definition) is 2. The monoisotopic (exact) mass is 366 g/mol. The minimum atomic E-state index is 1.31. The number of rotatable bonds is 2. The van der Waals surface area contributed by atoms with E-state index in [4.69, 9.17) is 0 Å². The third-order valence-corrected chi connectivity index (χ3v) is 6.98. The highest BCUT2D eigenvalue weighted by atomic mass is 32.1. The van der Waals surface area contributed by atoms with Gasteiger partial charge in [-0.25, -0.2) is 0 Å². The standard InChI is InChI=1S/C24H14S2/c1-3-21(25-9-1)19-11-15-5-7-17-13-20(22-4-2-10-26-22)14-18-8-6-16(12-19)23(15)24(17)18/h1-14H. The van der Waals surface area contributed by atoms with Crippen LogP contribution in [0.15, 0.2) is 83.6 Å². The molecule has 2 heterocycles. The first kappa shape index (κ1) is 14.5. The average Bonchev–Trinajstić information content (AvgIpc) is 3.39. The second-order valence-electron chi connectivity index (χ2n) is 6.68. The fourth-order valence-electron chi connectivity index (χ4n) is 4.01. The van der Waals surface area contributed by atoms with Crippen LogP contribution in [0, 0.1) is 0 Å². The van der Waals surface area contributed by atoms with Crippen LogP contribution in [0.1, 0.15) is 0 Å². The van der Waals surface area contributed by atoms with Gasteiger partial charge >= 0.3 is 0 Å². The van der Waals surface area contributed by atoms with E-state index in [0.29, 0.717) is 0 Å². The van der Waals surface area contributed by atoms with Crippen molar-refractivity contribution in [1.82, 2.24) is 0 Å². The Morgan fingerprint density at radius 2 is 0.846 bits per heavy atom. The Morgan fingerprint density at radius 3 is 1.15 bits per heavy atom. The van der Waals surface area contributed by atoms with Crippen LogP contribution in [0.5, 0.6) is 0 Å². The third-order valence-electron chi connectivity index (χ3n) is 5.15. The Labute approximate surface area is 159 Å². The largest absolute Gasteiger partial charge is 0.144 e. The molecule has 0 saturated heterocycles. The zero-order valence-corrected chi connectivity index (χ0v) is 15.5. The zero-order chi connectivity index (χ0) is 17.1. The minimum Gasteiger partial charge on any atom is -0.144 e. The van der Waals surface area contributed by atoms with E-state index < -0.39 is 0 Å². The van der Waals surface area contributed by atoms with E-state index in [0.717, 1.165) is 0 Å². The van der Waals surface area contributed by atoms with Gasteiger partial charge in [-0.3, -0.25) is 0 Å². The summed E-state index contributed by atoms with van der Waals surface area (Å²) < 4.78 is 0. The van der Waals surface area contributed by atoms with Gasteiger partial charge in [0.25, 0.3) is 0 Å². The van der Waals surface area contributed by atoms with Gasteiger partial charge in [-0.2, -0.15) is 0 Å². The minimum absolute atomic E-state index is 1.31. The van der Waals surface area contributed by atoms with E-state index in [1.54, 1.807) is 22.7 Å². The summed E-state index contributed by atoms with van der Waals surface area (Å²) >= 11 is 3.60. The highest BCUT2D eigenvalue weighted by molar-refractivity contribution is 7.13. The Kier molecular flexibility index (Phi) is 3.01. The molecule has 0 unspecified atom stereocenters. The summed E-state index contributed by atoms with van der Waals surface area (Å²) in [7, 11) is 0. The third kappa shape index (κ3) is 2.06. The van der Waals surface area contributed by atoms with Crippen molar-refractivity contribution in [3.05, 3.63) is 83.6 Å². The van der Waals surface area contributed by atoms with Crippen LogP contribution in [0.25, 0.3) is 53.2 Å². The molecule has 2 heteroatoms. The second-order valence-corrected chi connectivity index (χ2v) is 8.58. The fraction of sp³-hybridized carbons (Fsp3) is 0. The molecule has 0 bridgehead atoms. The van der Waals surface area contributed by atoms with Crippen molar-refractivity contribution in [2.45, 2.75) is 0 Å². The van der Waals surface area contributed by atoms with Crippen LogP contribution in [-0.4, -0.2) is 0 Å². The molecule has 0 atom stereocenters. The molecular weight excluding hydrogens is 352 g/mol. The smallest absolute Gasteiger partial charge is 0.0343 e. The summed E-state index contributed by atoms with van der Waals surface area (Å²) in [6.45, 7) is 0. The Bertz CT molecular complexity index is 1180. The number of thiophene rings is 2. The lowest BCUT2D eigenvalue weighted by Crippen LogP contribution is -1.86. The molecule has 0 N–H and O–H groups in total. The number of hydrogen-bond donors (Lipinski definition) is 0. The molecule has 0 radical (unpaired) electrons. The lowest BCUT2D eigenvalue weighted by Gasteiger charge is -2.13. The molecule has 4 aromatic carbocycles. The predicted molar refractivity (Wildman–Crippen MR) is 117 cm³/mol. The van der Waals surface area contributed by atoms with Gasteiger partial charge in [0.1, 0.15) is 0 Å². The van der Waals surface area contributed by atoms with Crippen molar-refractivity contribution in [3.63, 3.8) is 0 Å². The molecule has 0 fully saturated rings. The predicted octanol–water partition coefficient (Wildman–Crippen LogP) is 8.04. The molecule has 6 aromatic rings. The van der Waals surface area contributed by atoms with E-state index in [1.807, 2.05) is 0 Å². The molecule has 26 heavy (non-hydrogen) atoms. The van der Waals surface area contributed by atoms with Gasteiger partial charge in [0, 0.05) is 9.75 Å². The lowest BCUT2D eigenvalue weighted by atomic mass is 9.91. The Balaban J connectivity index is 1.70. The molecule has 0 saturated carbocycles. The van der Waals surface area contributed by atoms with Gasteiger partial charge in [0.05, 0.1) is 0 Å². The van der Waals surface area contributed by atoms with Crippen molar-refractivity contribution in [3.8, 4) is 20.9 Å². The molecular formula is C24H14S2. The van der Waals surface area contributed by atoms with E-state index in [9.17, 15) is 0 Å². The number of benzene rings is 4. The highest BCUT2D eigenvalue weighted by Crippen LogP contribution is 2.40. The topological polar surface area (TPSA) is 0 Å². The Hall–Kier alpha value is -2.68. The van der Waals surface area contributed by atoms with Crippen molar-refractivity contribution in [2.75, 3.05) is 0 Å². The van der Waals surface area contributed by atoms with Crippen LogP contribution in [0.4, 0.5) is 0 Å². The first-order valence-electron chi connectivity index (χ1n) is 8.67. The van der Waals surface area contributed by atoms with Gasteiger partial charge < -0.3 is 0 Å². The molecule has 0 amide bonds. The Morgan fingerprint density at radius 1 is 0.462 bits per heavy atom. The van der Waals surface area contributed by atoms with Crippen LogP contribution in [-0.2, 0) is 0 Å². The molecule has 0 aliphatic heterocycles. The van der Waals surface area contributed by atoms with Crippen molar-refractivity contribution in [1.29, 1.82) is 0 Å². The van der Waals surface area contributed by atoms with Crippen molar-refractivity contribution >= 4 is 55.0 Å². The molecule has 0 nitrogen and oxygen atoms in total. The maximum Gasteiger partial charge on any atom is 0.0343 e. The van der Waals surface area contributed by atoms with E-state index in [2.05, 4.69) is 83.6 Å². The lowest BCUT2D eigenvalue weighted by molar-refractivity contribution is 1.75. The van der Waals surface area contributed by atoms with Crippen LogP contribution >= 0.6 is 22.7 Å². The fourth-order valence-corrected chi connectivity index (χ4v) is 5.44. The summed E-state index contributed by atoms with van der Waals surface area (Å²) in [4.78, 5) is 2.66. The van der Waals surface area contributed by atoms with Crippen molar-refractivity contribution in [2.24, 2.45) is 0 Å². The van der Waals surface area contributed by atoms with Crippen LogP contribution in [0.2, 0.25) is 0 Å². The average molecular weight is 367 g/mol. The normalized spacial score (nSPS) is 11.8. The first-order chi connectivity index (χ1) is 12.9. The summed E-state index contributed by atoms with van der Waals surface area (Å²) in [6.07, 6.45) is 0. The first-order valence-corrected chi connectivity index (χ1v) is 10.4. The van der Waals surface area contributed by atoms with Gasteiger partial charge in [0.2, 0.25) is 0 Å². The molecule has 0 aliphatic rings.